The number of rotatable bonds is 5. The van der Waals surface area contributed by atoms with Crippen LogP contribution in [0.1, 0.15) is 19.3 Å². The van der Waals surface area contributed by atoms with Crippen LogP contribution < -0.4 is 16.4 Å². The smallest absolute Gasteiger partial charge is 0.250 e. The quantitative estimate of drug-likeness (QED) is 0.763. The molecular formula is C15H21N3O3. The Morgan fingerprint density at radius 3 is 2.62 bits per heavy atom. The van der Waals surface area contributed by atoms with Gasteiger partial charge in [-0.15, -0.1) is 0 Å². The molecule has 0 aromatic heterocycles. The summed E-state index contributed by atoms with van der Waals surface area (Å²) in [5.41, 5.74) is 7.11. The second kappa shape index (κ2) is 7.19. The van der Waals surface area contributed by atoms with E-state index in [0.29, 0.717) is 11.4 Å². The number of nitrogens with one attached hydrogen (secondary N) is 2. The first-order valence-electron chi connectivity index (χ1n) is 7.04. The van der Waals surface area contributed by atoms with Crippen LogP contribution in [0.2, 0.25) is 0 Å². The maximum absolute atomic E-state index is 12.1. The molecule has 2 amide bonds. The van der Waals surface area contributed by atoms with Gasteiger partial charge in [0.05, 0.1) is 0 Å². The SMILES string of the molecule is COCC(=O)Nc1cccc(NC(=O)C2CCC(N)C2)c1. The molecule has 21 heavy (non-hydrogen) atoms. The largest absolute Gasteiger partial charge is 0.375 e. The molecule has 1 aliphatic rings. The van der Waals surface area contributed by atoms with E-state index in [1.165, 1.54) is 7.11 Å². The highest BCUT2D eigenvalue weighted by molar-refractivity contribution is 5.95. The molecule has 0 bridgehead atoms. The summed E-state index contributed by atoms with van der Waals surface area (Å²) < 4.78 is 4.75. The lowest BCUT2D eigenvalue weighted by atomic mass is 10.1. The van der Waals surface area contributed by atoms with Crippen molar-refractivity contribution >= 4 is 23.2 Å². The molecule has 4 N–H and O–H groups in total. The highest BCUT2D eigenvalue weighted by Gasteiger charge is 2.27. The van der Waals surface area contributed by atoms with Crippen LogP contribution in [0.3, 0.4) is 0 Å². The molecule has 0 aliphatic heterocycles. The number of amides is 2. The normalized spacial score (nSPS) is 21.0. The topological polar surface area (TPSA) is 93.5 Å². The van der Waals surface area contributed by atoms with E-state index in [9.17, 15) is 9.59 Å². The van der Waals surface area contributed by atoms with E-state index < -0.39 is 0 Å². The second-order valence-electron chi connectivity index (χ2n) is 5.32. The van der Waals surface area contributed by atoms with Gasteiger partial charge >= 0.3 is 0 Å². The maximum atomic E-state index is 12.1. The zero-order chi connectivity index (χ0) is 15.2. The van der Waals surface area contributed by atoms with Gasteiger partial charge in [-0.2, -0.15) is 0 Å². The molecule has 2 rings (SSSR count). The molecule has 6 heteroatoms. The van der Waals surface area contributed by atoms with Gasteiger partial charge in [-0.05, 0) is 37.5 Å². The van der Waals surface area contributed by atoms with Crippen molar-refractivity contribution in [2.24, 2.45) is 11.7 Å². The monoisotopic (exact) mass is 291 g/mol. The molecule has 0 heterocycles. The van der Waals surface area contributed by atoms with Gasteiger partial charge in [0.15, 0.2) is 0 Å². The molecule has 0 spiro atoms. The molecular weight excluding hydrogens is 270 g/mol. The highest BCUT2D eigenvalue weighted by Crippen LogP contribution is 2.26. The van der Waals surface area contributed by atoms with Gasteiger partial charge in [0.25, 0.3) is 0 Å². The van der Waals surface area contributed by atoms with Crippen molar-refractivity contribution in [3.63, 3.8) is 0 Å². The van der Waals surface area contributed by atoms with Crippen molar-refractivity contribution in [3.8, 4) is 0 Å². The number of carbonyl (C=O) groups is 2. The zero-order valence-corrected chi connectivity index (χ0v) is 12.1. The minimum absolute atomic E-state index is 0.00342. The summed E-state index contributed by atoms with van der Waals surface area (Å²) in [4.78, 5) is 23.6. The Hall–Kier alpha value is -1.92. The Morgan fingerprint density at radius 1 is 1.29 bits per heavy atom. The van der Waals surface area contributed by atoms with E-state index in [1.54, 1.807) is 24.3 Å². The Kier molecular flexibility index (Phi) is 5.30. The van der Waals surface area contributed by atoms with Crippen LogP contribution in [0.15, 0.2) is 24.3 Å². The first-order chi connectivity index (χ1) is 10.1. The fourth-order valence-corrected chi connectivity index (χ4v) is 2.50. The molecule has 2 atom stereocenters. The summed E-state index contributed by atoms with van der Waals surface area (Å²) in [7, 11) is 1.46. The number of benzene rings is 1. The van der Waals surface area contributed by atoms with Crippen LogP contribution in [-0.2, 0) is 14.3 Å². The van der Waals surface area contributed by atoms with E-state index in [0.717, 1.165) is 19.3 Å². The van der Waals surface area contributed by atoms with E-state index in [2.05, 4.69) is 10.6 Å². The van der Waals surface area contributed by atoms with Crippen LogP contribution in [0.4, 0.5) is 11.4 Å². The molecule has 0 saturated heterocycles. The Balaban J connectivity index is 1.94. The molecule has 6 nitrogen and oxygen atoms in total. The van der Waals surface area contributed by atoms with Gasteiger partial charge < -0.3 is 21.1 Å². The van der Waals surface area contributed by atoms with Gasteiger partial charge in [0.1, 0.15) is 6.61 Å². The van der Waals surface area contributed by atoms with E-state index in [4.69, 9.17) is 10.5 Å². The highest BCUT2D eigenvalue weighted by atomic mass is 16.5. The molecule has 1 aliphatic carbocycles. The fourth-order valence-electron chi connectivity index (χ4n) is 2.50. The van der Waals surface area contributed by atoms with E-state index in [1.807, 2.05) is 0 Å². The average Bonchev–Trinajstić information content (AvgIpc) is 2.86. The van der Waals surface area contributed by atoms with Gasteiger partial charge in [0.2, 0.25) is 11.8 Å². The lowest BCUT2D eigenvalue weighted by Crippen LogP contribution is -2.23. The van der Waals surface area contributed by atoms with Crippen molar-refractivity contribution in [2.45, 2.75) is 25.3 Å². The molecule has 2 unspecified atom stereocenters. The third-order valence-electron chi connectivity index (χ3n) is 3.53. The molecule has 1 aromatic carbocycles. The summed E-state index contributed by atoms with van der Waals surface area (Å²) in [5, 5.41) is 5.57. The van der Waals surface area contributed by atoms with Gasteiger partial charge in [0, 0.05) is 30.4 Å². The maximum Gasteiger partial charge on any atom is 0.250 e. The summed E-state index contributed by atoms with van der Waals surface area (Å²) in [6.07, 6.45) is 2.46. The number of hydrogen-bond donors (Lipinski definition) is 3. The van der Waals surface area contributed by atoms with E-state index in [-0.39, 0.29) is 30.4 Å². The van der Waals surface area contributed by atoms with Crippen molar-refractivity contribution < 1.29 is 14.3 Å². The Morgan fingerprint density at radius 2 is 2.00 bits per heavy atom. The average molecular weight is 291 g/mol. The van der Waals surface area contributed by atoms with Gasteiger partial charge in [-0.3, -0.25) is 9.59 Å². The molecule has 114 valence electrons. The number of anilines is 2. The zero-order valence-electron chi connectivity index (χ0n) is 12.1. The second-order valence-corrected chi connectivity index (χ2v) is 5.32. The number of carbonyl (C=O) groups excluding carboxylic acids is 2. The predicted molar refractivity (Wildman–Crippen MR) is 80.9 cm³/mol. The van der Waals surface area contributed by atoms with Crippen LogP contribution in [0, 0.1) is 5.92 Å². The van der Waals surface area contributed by atoms with Crippen molar-refractivity contribution in [1.82, 2.24) is 0 Å². The van der Waals surface area contributed by atoms with Crippen LogP contribution in [-0.4, -0.2) is 31.6 Å². The summed E-state index contributed by atoms with van der Waals surface area (Å²) in [6, 6.07) is 7.17. The number of nitrogens with two attached hydrogens (primary N) is 1. The third kappa shape index (κ3) is 4.54. The van der Waals surface area contributed by atoms with Crippen LogP contribution in [0.5, 0.6) is 0 Å². The minimum Gasteiger partial charge on any atom is -0.375 e. The van der Waals surface area contributed by atoms with Crippen molar-refractivity contribution in [1.29, 1.82) is 0 Å². The van der Waals surface area contributed by atoms with E-state index >= 15 is 0 Å². The van der Waals surface area contributed by atoms with Gasteiger partial charge in [-0.1, -0.05) is 6.07 Å². The molecule has 1 saturated carbocycles. The standard InChI is InChI=1S/C15H21N3O3/c1-21-9-14(19)17-12-3-2-4-13(8-12)18-15(20)10-5-6-11(16)7-10/h2-4,8,10-11H,5-7,9,16H2,1H3,(H,17,19)(H,18,20). The van der Waals surface area contributed by atoms with Crippen molar-refractivity contribution in [3.05, 3.63) is 24.3 Å². The predicted octanol–water partition coefficient (Wildman–Crippen LogP) is 1.34. The minimum atomic E-state index is -0.234. The molecule has 1 fully saturated rings. The van der Waals surface area contributed by atoms with Crippen molar-refractivity contribution in [2.75, 3.05) is 24.4 Å². The summed E-state index contributed by atoms with van der Waals surface area (Å²) >= 11 is 0. The van der Waals surface area contributed by atoms with Gasteiger partial charge in [-0.25, -0.2) is 0 Å². The first-order valence-corrected chi connectivity index (χ1v) is 7.04. The number of hydrogen-bond acceptors (Lipinski definition) is 4. The summed E-state index contributed by atoms with van der Waals surface area (Å²) in [6.45, 7) is -0.00342. The Labute approximate surface area is 124 Å². The number of ether oxygens (including phenoxy) is 1. The molecule has 0 radical (unpaired) electrons. The van der Waals surface area contributed by atoms with Crippen LogP contribution in [0.25, 0.3) is 0 Å². The summed E-state index contributed by atoms with van der Waals surface area (Å²) in [5.74, 6) is -0.266. The Bertz CT molecular complexity index is 519. The number of methoxy groups -OCH3 is 1. The lowest BCUT2D eigenvalue weighted by Gasteiger charge is -2.12. The lowest BCUT2D eigenvalue weighted by molar-refractivity contribution is -0.120. The van der Waals surface area contributed by atoms with Crippen LogP contribution >= 0.6 is 0 Å². The first kappa shape index (κ1) is 15.5. The molecule has 1 aromatic rings. The third-order valence-corrected chi connectivity index (χ3v) is 3.53. The fraction of sp³-hybridized carbons (Fsp3) is 0.467.